The van der Waals surface area contributed by atoms with Crippen molar-refractivity contribution < 1.29 is 28.2 Å². The smallest absolute Gasteiger partial charge is 0.409 e. The lowest BCUT2D eigenvalue weighted by molar-refractivity contribution is -0.154. The first-order chi connectivity index (χ1) is 18.2. The molecule has 1 amide bonds. The van der Waals surface area contributed by atoms with Gasteiger partial charge in [-0.3, -0.25) is 4.79 Å². The van der Waals surface area contributed by atoms with Crippen LogP contribution >= 0.6 is 0 Å². The number of halogens is 1. The van der Waals surface area contributed by atoms with Gasteiger partial charge in [-0.1, -0.05) is 11.6 Å². The SMILES string of the molecule is CC(C)OC(=O)C1CCCC(Oc2ccc(-c3nnn(C)c3COC(=O)N(C)CC3CCC3)nc2CF)C1. The number of hydrogen-bond donors (Lipinski definition) is 0. The third-order valence-corrected chi connectivity index (χ3v) is 7.25. The Kier molecular flexibility index (Phi) is 9.17. The lowest BCUT2D eigenvalue weighted by Gasteiger charge is -2.29. The number of aromatic nitrogens is 4. The van der Waals surface area contributed by atoms with Gasteiger partial charge in [0.15, 0.2) is 0 Å². The van der Waals surface area contributed by atoms with Crippen molar-refractivity contribution in [3.63, 3.8) is 0 Å². The van der Waals surface area contributed by atoms with Crippen LogP contribution in [0.4, 0.5) is 9.18 Å². The highest BCUT2D eigenvalue weighted by Gasteiger charge is 2.31. The molecular weight excluding hydrogens is 493 g/mol. The van der Waals surface area contributed by atoms with Gasteiger partial charge in [-0.2, -0.15) is 0 Å². The summed E-state index contributed by atoms with van der Waals surface area (Å²) in [6, 6.07) is 3.37. The zero-order valence-electron chi connectivity index (χ0n) is 22.7. The van der Waals surface area contributed by atoms with Crippen LogP contribution in [0.1, 0.15) is 70.2 Å². The van der Waals surface area contributed by atoms with Crippen molar-refractivity contribution >= 4 is 12.1 Å². The molecule has 0 bridgehead atoms. The van der Waals surface area contributed by atoms with Crippen LogP contribution in [0.15, 0.2) is 12.1 Å². The summed E-state index contributed by atoms with van der Waals surface area (Å²) in [5.74, 6) is 0.444. The number of nitrogens with zero attached hydrogens (tertiary/aromatic N) is 5. The molecular formula is C27H38FN5O5. The van der Waals surface area contributed by atoms with Crippen molar-refractivity contribution in [2.24, 2.45) is 18.9 Å². The molecule has 2 aliphatic carbocycles. The molecule has 2 fully saturated rings. The van der Waals surface area contributed by atoms with Crippen molar-refractivity contribution in [1.29, 1.82) is 0 Å². The first kappa shape index (κ1) is 27.8. The molecule has 0 aromatic carbocycles. The van der Waals surface area contributed by atoms with E-state index >= 15 is 0 Å². The number of carbonyl (C=O) groups is 2. The number of aryl methyl sites for hydroxylation is 1. The van der Waals surface area contributed by atoms with Gasteiger partial charge in [0.25, 0.3) is 0 Å². The van der Waals surface area contributed by atoms with E-state index < -0.39 is 12.8 Å². The summed E-state index contributed by atoms with van der Waals surface area (Å²) in [5, 5.41) is 8.24. The average molecular weight is 532 g/mol. The van der Waals surface area contributed by atoms with Gasteiger partial charge in [-0.05, 0) is 70.4 Å². The van der Waals surface area contributed by atoms with Gasteiger partial charge in [0.1, 0.15) is 36.1 Å². The number of alkyl halides is 1. The summed E-state index contributed by atoms with van der Waals surface area (Å²) in [4.78, 5) is 30.9. The molecule has 38 heavy (non-hydrogen) atoms. The van der Waals surface area contributed by atoms with E-state index in [1.54, 1.807) is 31.1 Å². The molecule has 2 aromatic rings. The maximum absolute atomic E-state index is 14.0. The first-order valence-electron chi connectivity index (χ1n) is 13.4. The molecule has 10 nitrogen and oxygen atoms in total. The maximum atomic E-state index is 14.0. The van der Waals surface area contributed by atoms with Crippen LogP contribution in [-0.2, 0) is 34.6 Å². The minimum atomic E-state index is -0.828. The summed E-state index contributed by atoms with van der Waals surface area (Å²) in [7, 11) is 3.44. The van der Waals surface area contributed by atoms with E-state index in [1.165, 1.54) is 11.1 Å². The van der Waals surface area contributed by atoms with E-state index in [-0.39, 0.29) is 36.4 Å². The van der Waals surface area contributed by atoms with Crippen LogP contribution in [0.3, 0.4) is 0 Å². The minimum absolute atomic E-state index is 0.0342. The van der Waals surface area contributed by atoms with Crippen LogP contribution in [0.2, 0.25) is 0 Å². The highest BCUT2D eigenvalue weighted by atomic mass is 19.1. The van der Waals surface area contributed by atoms with Gasteiger partial charge in [0.05, 0.1) is 23.8 Å². The Balaban J connectivity index is 1.42. The maximum Gasteiger partial charge on any atom is 0.409 e. The largest absolute Gasteiger partial charge is 0.488 e. The molecule has 2 aliphatic rings. The lowest BCUT2D eigenvalue weighted by atomic mass is 9.85. The van der Waals surface area contributed by atoms with Crippen molar-refractivity contribution in [2.75, 3.05) is 13.6 Å². The number of amides is 1. The Morgan fingerprint density at radius 2 is 1.95 bits per heavy atom. The highest BCUT2D eigenvalue weighted by molar-refractivity contribution is 5.72. The van der Waals surface area contributed by atoms with E-state index in [0.717, 1.165) is 32.1 Å². The van der Waals surface area contributed by atoms with Gasteiger partial charge < -0.3 is 19.1 Å². The standard InChI is InChI=1S/C27H38FN5O5/c1-17(2)37-26(34)19-9-6-10-20(13-19)38-24-12-11-21(29-22(24)14-28)25-23(33(4)31-30-25)16-36-27(35)32(3)15-18-7-5-8-18/h11-12,17-20H,5-10,13-16H2,1-4H3. The van der Waals surface area contributed by atoms with Gasteiger partial charge in [0.2, 0.25) is 0 Å². The lowest BCUT2D eigenvalue weighted by Crippen LogP contribution is -2.34. The van der Waals surface area contributed by atoms with E-state index in [1.807, 2.05) is 13.8 Å². The first-order valence-corrected chi connectivity index (χ1v) is 13.4. The van der Waals surface area contributed by atoms with Crippen molar-refractivity contribution in [2.45, 2.75) is 84.3 Å². The predicted molar refractivity (Wildman–Crippen MR) is 137 cm³/mol. The third-order valence-electron chi connectivity index (χ3n) is 7.25. The number of ether oxygens (including phenoxy) is 3. The van der Waals surface area contributed by atoms with Gasteiger partial charge in [0, 0.05) is 20.6 Å². The van der Waals surface area contributed by atoms with Crippen molar-refractivity contribution in [3.05, 3.63) is 23.5 Å². The Morgan fingerprint density at radius 3 is 2.63 bits per heavy atom. The summed E-state index contributed by atoms with van der Waals surface area (Å²) in [6.07, 6.45) is 5.57. The molecule has 208 valence electrons. The minimum Gasteiger partial charge on any atom is -0.488 e. The molecule has 0 radical (unpaired) electrons. The summed E-state index contributed by atoms with van der Waals surface area (Å²) >= 11 is 0. The Labute approximate surface area is 222 Å². The Hall–Kier alpha value is -3.24. The molecule has 2 heterocycles. The number of carbonyl (C=O) groups excluding carboxylic acids is 2. The van der Waals surface area contributed by atoms with Gasteiger partial charge >= 0.3 is 12.1 Å². The summed E-state index contributed by atoms with van der Waals surface area (Å²) in [5.41, 5.74) is 1.52. The number of pyridine rings is 1. The van der Waals surface area contributed by atoms with Crippen LogP contribution < -0.4 is 4.74 Å². The molecule has 0 aliphatic heterocycles. The van der Waals surface area contributed by atoms with Crippen molar-refractivity contribution in [1.82, 2.24) is 24.9 Å². The highest BCUT2D eigenvalue weighted by Crippen LogP contribution is 2.32. The van der Waals surface area contributed by atoms with Crippen LogP contribution in [-0.4, -0.2) is 62.7 Å². The van der Waals surface area contributed by atoms with Gasteiger partial charge in [-0.25, -0.2) is 18.9 Å². The second-order valence-corrected chi connectivity index (χ2v) is 10.6. The van der Waals surface area contributed by atoms with Gasteiger partial charge in [-0.15, -0.1) is 5.10 Å². The van der Waals surface area contributed by atoms with E-state index in [0.29, 0.717) is 41.7 Å². The third kappa shape index (κ3) is 6.79. The second kappa shape index (κ2) is 12.5. The molecule has 11 heteroatoms. The molecule has 0 spiro atoms. The Morgan fingerprint density at radius 1 is 1.18 bits per heavy atom. The normalized spacial score (nSPS) is 19.6. The molecule has 2 saturated carbocycles. The van der Waals surface area contributed by atoms with Crippen LogP contribution in [0.25, 0.3) is 11.4 Å². The molecule has 0 N–H and O–H groups in total. The predicted octanol–water partition coefficient (Wildman–Crippen LogP) is 4.60. The molecule has 0 saturated heterocycles. The number of hydrogen-bond acceptors (Lipinski definition) is 8. The molecule has 4 rings (SSSR count). The quantitative estimate of drug-likeness (QED) is 0.409. The topological polar surface area (TPSA) is 109 Å². The second-order valence-electron chi connectivity index (χ2n) is 10.6. The summed E-state index contributed by atoms with van der Waals surface area (Å²) < 4.78 is 32.6. The fraction of sp³-hybridized carbons (Fsp3) is 0.667. The Bertz CT molecular complexity index is 1120. The zero-order chi connectivity index (χ0) is 27.2. The molecule has 2 unspecified atom stereocenters. The van der Waals surface area contributed by atoms with E-state index in [9.17, 15) is 14.0 Å². The zero-order valence-corrected chi connectivity index (χ0v) is 22.7. The monoisotopic (exact) mass is 531 g/mol. The fourth-order valence-corrected chi connectivity index (χ4v) is 4.91. The van der Waals surface area contributed by atoms with Crippen molar-refractivity contribution in [3.8, 4) is 17.1 Å². The summed E-state index contributed by atoms with van der Waals surface area (Å²) in [6.45, 7) is 3.48. The van der Waals surface area contributed by atoms with Crippen LogP contribution in [0.5, 0.6) is 5.75 Å². The van der Waals surface area contributed by atoms with E-state index in [2.05, 4.69) is 15.3 Å². The fourth-order valence-electron chi connectivity index (χ4n) is 4.91. The molecule has 2 aromatic heterocycles. The number of rotatable bonds is 10. The number of esters is 1. The molecule has 2 atom stereocenters. The average Bonchev–Trinajstić information content (AvgIpc) is 3.24. The van der Waals surface area contributed by atoms with E-state index in [4.69, 9.17) is 14.2 Å². The van der Waals surface area contributed by atoms with Crippen LogP contribution in [0, 0.1) is 11.8 Å².